The Morgan fingerprint density at radius 1 is 1.09 bits per heavy atom. The molecule has 2 aromatic carbocycles. The molecule has 1 aliphatic carbocycles. The molecule has 35 heavy (non-hydrogen) atoms. The zero-order valence-electron chi connectivity index (χ0n) is 20.5. The van der Waals surface area contributed by atoms with E-state index in [1.807, 2.05) is 55.5 Å². The summed E-state index contributed by atoms with van der Waals surface area (Å²) in [5.41, 5.74) is 4.53. The van der Waals surface area contributed by atoms with Crippen molar-refractivity contribution in [2.75, 3.05) is 13.2 Å². The summed E-state index contributed by atoms with van der Waals surface area (Å²) in [6, 6.07) is 14.4. The van der Waals surface area contributed by atoms with Crippen LogP contribution >= 0.6 is 12.4 Å². The van der Waals surface area contributed by atoms with E-state index in [1.54, 1.807) is 13.8 Å². The van der Waals surface area contributed by atoms with Gasteiger partial charge in [0.15, 0.2) is 0 Å². The van der Waals surface area contributed by atoms with Gasteiger partial charge in [0.1, 0.15) is 12.6 Å². The molecule has 3 rings (SSSR count). The second kappa shape index (κ2) is 13.3. The van der Waals surface area contributed by atoms with Crippen LogP contribution in [-0.4, -0.2) is 59.1 Å². The fraction of sp³-hybridized carbons (Fsp3) is 0.444. The second-order valence-electron chi connectivity index (χ2n) is 8.91. The van der Waals surface area contributed by atoms with Gasteiger partial charge in [-0.05, 0) is 63.1 Å². The minimum absolute atomic E-state index is 0. The third-order valence-electron chi connectivity index (χ3n) is 6.29. The number of hydrogen-bond acceptors (Lipinski definition) is 5. The molecule has 1 unspecified atom stereocenters. The van der Waals surface area contributed by atoms with E-state index >= 15 is 0 Å². The number of hydrogen-bond donors (Lipinski definition) is 2. The lowest BCUT2D eigenvalue weighted by atomic mass is 10.0. The number of nitrogens with zero attached hydrogens (tertiary/aromatic N) is 1. The quantitative estimate of drug-likeness (QED) is 0.457. The van der Waals surface area contributed by atoms with Gasteiger partial charge < -0.3 is 14.7 Å². The van der Waals surface area contributed by atoms with E-state index in [9.17, 15) is 19.5 Å². The number of carbonyl (C=O) groups is 3. The Kier molecular flexibility index (Phi) is 10.7. The maximum atomic E-state index is 13.4. The van der Waals surface area contributed by atoms with Gasteiger partial charge in [-0.15, -0.1) is 12.4 Å². The highest BCUT2D eigenvalue weighted by Gasteiger charge is 2.34. The molecule has 2 N–H and O–H groups in total. The van der Waals surface area contributed by atoms with Crippen LogP contribution in [0.4, 0.5) is 0 Å². The van der Waals surface area contributed by atoms with Gasteiger partial charge >= 0.3 is 11.9 Å². The van der Waals surface area contributed by atoms with Crippen molar-refractivity contribution in [2.24, 2.45) is 0 Å². The standard InChI is InChI=1S/C27H34N2O5.ClH/c1-4-34-27(33)24(14-13-20-11-9-18(2)10-12-20)28-19(3)26(32)29(17-25(30)31)23-15-21-7-5-6-8-22(21)16-23;/h5-12,19,23-24,28H,4,13-17H2,1-3H3,(H,30,31);1H/t19-,24?;/m0./s1. The van der Waals surface area contributed by atoms with Crippen LogP contribution < -0.4 is 5.32 Å². The van der Waals surface area contributed by atoms with Crippen LogP contribution in [0.15, 0.2) is 48.5 Å². The molecule has 0 aromatic heterocycles. The van der Waals surface area contributed by atoms with Crippen LogP contribution in [0.3, 0.4) is 0 Å². The number of nitrogens with one attached hydrogen (secondary N) is 1. The van der Waals surface area contributed by atoms with Gasteiger partial charge in [-0.25, -0.2) is 0 Å². The molecule has 1 amide bonds. The molecule has 0 bridgehead atoms. The molecule has 0 heterocycles. The third-order valence-corrected chi connectivity index (χ3v) is 6.29. The Bertz CT molecular complexity index is 986. The van der Waals surface area contributed by atoms with Gasteiger partial charge in [-0.1, -0.05) is 54.1 Å². The molecular formula is C27H35ClN2O5. The van der Waals surface area contributed by atoms with Crippen molar-refractivity contribution >= 4 is 30.3 Å². The van der Waals surface area contributed by atoms with Crippen molar-refractivity contribution in [1.29, 1.82) is 0 Å². The maximum Gasteiger partial charge on any atom is 0.323 e. The predicted octanol–water partition coefficient (Wildman–Crippen LogP) is 3.34. The largest absolute Gasteiger partial charge is 0.480 e. The molecular weight excluding hydrogens is 468 g/mol. The zero-order valence-corrected chi connectivity index (χ0v) is 21.3. The Hall–Kier alpha value is -2.90. The Morgan fingerprint density at radius 3 is 2.23 bits per heavy atom. The normalized spacial score (nSPS) is 14.4. The fourth-order valence-corrected chi connectivity index (χ4v) is 4.49. The number of esters is 1. The Morgan fingerprint density at radius 2 is 1.69 bits per heavy atom. The number of aliphatic carboxylic acids is 1. The van der Waals surface area contributed by atoms with Crippen molar-refractivity contribution in [3.8, 4) is 0 Å². The highest BCUT2D eigenvalue weighted by molar-refractivity contribution is 5.86. The fourth-order valence-electron chi connectivity index (χ4n) is 4.49. The smallest absolute Gasteiger partial charge is 0.323 e. The number of carboxylic acids is 1. The molecule has 0 spiro atoms. The number of ether oxygens (including phenoxy) is 1. The van der Waals surface area contributed by atoms with Crippen molar-refractivity contribution < 1.29 is 24.2 Å². The minimum atomic E-state index is -1.06. The molecule has 0 aliphatic heterocycles. The number of benzene rings is 2. The molecule has 2 atom stereocenters. The number of rotatable bonds is 11. The maximum absolute atomic E-state index is 13.4. The lowest BCUT2D eigenvalue weighted by Crippen LogP contribution is -2.54. The first-order valence-electron chi connectivity index (χ1n) is 11.9. The summed E-state index contributed by atoms with van der Waals surface area (Å²) >= 11 is 0. The van der Waals surface area contributed by atoms with E-state index in [1.165, 1.54) is 4.90 Å². The summed E-state index contributed by atoms with van der Waals surface area (Å²) in [6.07, 6.45) is 2.36. The van der Waals surface area contributed by atoms with Gasteiger partial charge in [0.05, 0.1) is 12.6 Å². The molecule has 8 heteroatoms. The van der Waals surface area contributed by atoms with Gasteiger partial charge in [-0.3, -0.25) is 19.7 Å². The van der Waals surface area contributed by atoms with Crippen molar-refractivity contribution in [1.82, 2.24) is 10.2 Å². The molecule has 1 aliphatic rings. The number of halogens is 1. The monoisotopic (exact) mass is 502 g/mol. The summed E-state index contributed by atoms with van der Waals surface area (Å²) in [6.45, 7) is 5.31. The van der Waals surface area contributed by atoms with Gasteiger partial charge in [-0.2, -0.15) is 0 Å². The molecule has 2 aromatic rings. The average molecular weight is 503 g/mol. The molecule has 0 saturated heterocycles. The van der Waals surface area contributed by atoms with E-state index in [0.29, 0.717) is 25.7 Å². The molecule has 190 valence electrons. The lowest BCUT2D eigenvalue weighted by Gasteiger charge is -2.31. The highest BCUT2D eigenvalue weighted by atomic mass is 35.5. The number of fused-ring (bicyclic) bond motifs is 1. The van der Waals surface area contributed by atoms with Crippen LogP contribution in [0.25, 0.3) is 0 Å². The summed E-state index contributed by atoms with van der Waals surface area (Å²) in [5, 5.41) is 12.6. The van der Waals surface area contributed by atoms with E-state index in [-0.39, 0.29) is 37.5 Å². The van der Waals surface area contributed by atoms with E-state index < -0.39 is 24.0 Å². The van der Waals surface area contributed by atoms with Crippen molar-refractivity contribution in [2.45, 2.75) is 64.6 Å². The average Bonchev–Trinajstić information content (AvgIpc) is 3.24. The molecule has 0 fully saturated rings. The SMILES string of the molecule is CCOC(=O)C(CCc1ccc(C)cc1)N[C@@H](C)C(=O)N(CC(=O)O)C1Cc2ccccc2C1.Cl. The number of aryl methyl sites for hydroxylation is 2. The number of amides is 1. The first kappa shape index (κ1) is 28.3. The first-order chi connectivity index (χ1) is 16.3. The molecule has 7 nitrogen and oxygen atoms in total. The molecule has 0 radical (unpaired) electrons. The third kappa shape index (κ3) is 7.80. The summed E-state index contributed by atoms with van der Waals surface area (Å²) in [5.74, 6) is -1.80. The predicted molar refractivity (Wildman–Crippen MR) is 137 cm³/mol. The second-order valence-corrected chi connectivity index (χ2v) is 8.91. The van der Waals surface area contributed by atoms with Crippen LogP contribution in [0, 0.1) is 6.92 Å². The molecule has 0 saturated carbocycles. The Balaban J connectivity index is 0.00000432. The van der Waals surface area contributed by atoms with Crippen LogP contribution in [0.1, 0.15) is 42.5 Å². The topological polar surface area (TPSA) is 95.9 Å². The van der Waals surface area contributed by atoms with Gasteiger partial charge in [0.2, 0.25) is 5.91 Å². The van der Waals surface area contributed by atoms with E-state index in [0.717, 1.165) is 22.3 Å². The van der Waals surface area contributed by atoms with Crippen LogP contribution in [0.5, 0.6) is 0 Å². The van der Waals surface area contributed by atoms with Crippen molar-refractivity contribution in [3.63, 3.8) is 0 Å². The van der Waals surface area contributed by atoms with Crippen LogP contribution in [0.2, 0.25) is 0 Å². The van der Waals surface area contributed by atoms with E-state index in [4.69, 9.17) is 4.74 Å². The summed E-state index contributed by atoms with van der Waals surface area (Å²) in [7, 11) is 0. The lowest BCUT2D eigenvalue weighted by molar-refractivity contribution is -0.149. The van der Waals surface area contributed by atoms with Gasteiger partial charge in [0.25, 0.3) is 0 Å². The summed E-state index contributed by atoms with van der Waals surface area (Å²) < 4.78 is 5.24. The summed E-state index contributed by atoms with van der Waals surface area (Å²) in [4.78, 5) is 39.0. The number of carbonyl (C=O) groups excluding carboxylic acids is 2. The zero-order chi connectivity index (χ0) is 24.7. The number of carboxylic acid groups (broad SMARTS) is 1. The first-order valence-corrected chi connectivity index (χ1v) is 11.9. The van der Waals surface area contributed by atoms with Gasteiger partial charge in [0, 0.05) is 6.04 Å². The van der Waals surface area contributed by atoms with Crippen LogP contribution in [-0.2, 0) is 38.4 Å². The highest BCUT2D eigenvalue weighted by Crippen LogP contribution is 2.26. The Labute approximate surface area is 213 Å². The minimum Gasteiger partial charge on any atom is -0.480 e. The van der Waals surface area contributed by atoms with E-state index in [2.05, 4.69) is 5.32 Å². The van der Waals surface area contributed by atoms with Crippen molar-refractivity contribution in [3.05, 3.63) is 70.8 Å².